The van der Waals surface area contributed by atoms with Crippen LogP contribution >= 0.6 is 23.2 Å². The van der Waals surface area contributed by atoms with Crippen molar-refractivity contribution in [2.75, 3.05) is 18.4 Å². The predicted octanol–water partition coefficient (Wildman–Crippen LogP) is 4.22. The maximum absolute atomic E-state index is 13.5. The molecular formula is C22H25Cl2N3O2. The molecule has 3 N–H and O–H groups in total. The number of nitrogens with one attached hydrogen (secondary N) is 1. The van der Waals surface area contributed by atoms with Gasteiger partial charge in [-0.05, 0) is 35.2 Å². The standard InChI is InChI=1S/C22H25Cl2N3O2/c1-21(2,3)13-27(12-19(25)28)22(11-14-5-4-6-15(23)9-14)17-8-7-16(24)10-18(17)26-20(22)29/h4-10H,11-13H2,1-3H3,(H2,25,28)(H,26,29)/t22-/m0/s1. The monoisotopic (exact) mass is 433 g/mol. The number of nitrogens with two attached hydrogens (primary N) is 1. The van der Waals surface area contributed by atoms with Crippen LogP contribution in [0.4, 0.5) is 5.69 Å². The summed E-state index contributed by atoms with van der Waals surface area (Å²) in [6, 6.07) is 12.7. The second-order valence-electron chi connectivity index (χ2n) is 8.69. The average molecular weight is 434 g/mol. The minimum absolute atomic E-state index is 0.0483. The molecule has 29 heavy (non-hydrogen) atoms. The molecule has 2 amide bonds. The number of hydrogen-bond acceptors (Lipinski definition) is 3. The van der Waals surface area contributed by atoms with Gasteiger partial charge in [0, 0.05) is 34.3 Å². The molecular weight excluding hydrogens is 409 g/mol. The number of rotatable bonds is 6. The van der Waals surface area contributed by atoms with Gasteiger partial charge in [-0.3, -0.25) is 14.5 Å². The van der Waals surface area contributed by atoms with Crippen LogP contribution in [0.25, 0.3) is 0 Å². The second kappa shape index (κ2) is 7.98. The Morgan fingerprint density at radius 1 is 1.14 bits per heavy atom. The van der Waals surface area contributed by atoms with Gasteiger partial charge >= 0.3 is 0 Å². The molecule has 0 aromatic heterocycles. The zero-order chi connectivity index (χ0) is 21.4. The molecule has 0 aliphatic carbocycles. The number of halogens is 2. The highest BCUT2D eigenvalue weighted by molar-refractivity contribution is 6.31. The minimum atomic E-state index is -1.10. The van der Waals surface area contributed by atoms with Crippen LogP contribution in [0.15, 0.2) is 42.5 Å². The molecule has 1 aliphatic rings. The van der Waals surface area contributed by atoms with E-state index in [0.29, 0.717) is 28.7 Å². The van der Waals surface area contributed by atoms with Gasteiger partial charge in [-0.15, -0.1) is 0 Å². The number of anilines is 1. The fourth-order valence-corrected chi connectivity index (χ4v) is 4.34. The molecule has 7 heteroatoms. The number of carbonyl (C=O) groups is 2. The van der Waals surface area contributed by atoms with Gasteiger partial charge in [0.1, 0.15) is 5.54 Å². The summed E-state index contributed by atoms with van der Waals surface area (Å²) in [5, 5.41) is 4.07. The maximum Gasteiger partial charge on any atom is 0.249 e. The third-order valence-electron chi connectivity index (χ3n) is 4.95. The smallest absolute Gasteiger partial charge is 0.249 e. The van der Waals surface area contributed by atoms with E-state index in [2.05, 4.69) is 26.1 Å². The van der Waals surface area contributed by atoms with Crippen LogP contribution in [0.3, 0.4) is 0 Å². The molecule has 154 valence electrons. The van der Waals surface area contributed by atoms with Gasteiger partial charge in [0.25, 0.3) is 0 Å². The van der Waals surface area contributed by atoms with Crippen molar-refractivity contribution in [3.05, 3.63) is 63.6 Å². The highest BCUT2D eigenvalue weighted by Crippen LogP contribution is 2.45. The molecule has 0 bridgehead atoms. The summed E-state index contributed by atoms with van der Waals surface area (Å²) in [6.07, 6.45) is 0.345. The molecule has 0 saturated carbocycles. The van der Waals surface area contributed by atoms with E-state index >= 15 is 0 Å². The first-order chi connectivity index (χ1) is 13.5. The van der Waals surface area contributed by atoms with E-state index in [1.165, 1.54) is 0 Å². The SMILES string of the molecule is CC(C)(C)CN(CC(N)=O)[C@]1(Cc2cccc(Cl)c2)C(=O)Nc2cc(Cl)ccc21. The summed E-state index contributed by atoms with van der Waals surface area (Å²) in [6.45, 7) is 6.62. The molecule has 1 atom stereocenters. The quantitative estimate of drug-likeness (QED) is 0.715. The van der Waals surface area contributed by atoms with Crippen molar-refractivity contribution >= 4 is 40.7 Å². The third kappa shape index (κ3) is 4.58. The van der Waals surface area contributed by atoms with Gasteiger partial charge in [0.05, 0.1) is 6.54 Å². The topological polar surface area (TPSA) is 75.4 Å². The predicted molar refractivity (Wildman–Crippen MR) is 117 cm³/mol. The van der Waals surface area contributed by atoms with Crippen LogP contribution in [-0.4, -0.2) is 29.8 Å². The molecule has 3 rings (SSSR count). The zero-order valence-corrected chi connectivity index (χ0v) is 18.3. The highest BCUT2D eigenvalue weighted by Gasteiger charge is 2.52. The molecule has 2 aromatic rings. The number of primary amides is 1. The van der Waals surface area contributed by atoms with Crippen LogP contribution in [0.5, 0.6) is 0 Å². The van der Waals surface area contributed by atoms with E-state index in [9.17, 15) is 9.59 Å². The van der Waals surface area contributed by atoms with Crippen molar-refractivity contribution in [3.63, 3.8) is 0 Å². The van der Waals surface area contributed by atoms with Crippen molar-refractivity contribution in [2.24, 2.45) is 11.1 Å². The van der Waals surface area contributed by atoms with Gasteiger partial charge in [-0.25, -0.2) is 0 Å². The van der Waals surface area contributed by atoms with Crippen LogP contribution in [0, 0.1) is 5.41 Å². The van der Waals surface area contributed by atoms with Crippen LogP contribution in [-0.2, 0) is 21.5 Å². The van der Waals surface area contributed by atoms with Crippen LogP contribution < -0.4 is 11.1 Å². The minimum Gasteiger partial charge on any atom is -0.369 e. The van der Waals surface area contributed by atoms with Crippen molar-refractivity contribution in [1.29, 1.82) is 0 Å². The number of benzene rings is 2. The molecule has 2 aromatic carbocycles. The summed E-state index contributed by atoms with van der Waals surface area (Å²) in [7, 11) is 0. The Bertz CT molecular complexity index is 955. The Hall–Kier alpha value is -2.08. The lowest BCUT2D eigenvalue weighted by atomic mass is 9.81. The largest absolute Gasteiger partial charge is 0.369 e. The number of carbonyl (C=O) groups excluding carboxylic acids is 2. The molecule has 0 radical (unpaired) electrons. The van der Waals surface area contributed by atoms with Crippen molar-refractivity contribution in [3.8, 4) is 0 Å². The fraction of sp³-hybridized carbons (Fsp3) is 0.364. The van der Waals surface area contributed by atoms with Crippen molar-refractivity contribution in [2.45, 2.75) is 32.7 Å². The van der Waals surface area contributed by atoms with E-state index in [4.69, 9.17) is 28.9 Å². The summed E-state index contributed by atoms with van der Waals surface area (Å²) >= 11 is 12.4. The third-order valence-corrected chi connectivity index (χ3v) is 5.42. The Kier molecular flexibility index (Phi) is 5.95. The van der Waals surface area contributed by atoms with E-state index in [1.54, 1.807) is 18.2 Å². The Labute approximate surface area is 181 Å². The lowest BCUT2D eigenvalue weighted by Gasteiger charge is -2.42. The van der Waals surface area contributed by atoms with E-state index in [0.717, 1.165) is 11.1 Å². The molecule has 5 nitrogen and oxygen atoms in total. The number of hydrogen-bond donors (Lipinski definition) is 2. The van der Waals surface area contributed by atoms with Crippen LogP contribution in [0.2, 0.25) is 10.0 Å². The lowest BCUT2D eigenvalue weighted by Crippen LogP contribution is -2.57. The number of fused-ring (bicyclic) bond motifs is 1. The van der Waals surface area contributed by atoms with Gasteiger partial charge in [0.2, 0.25) is 11.8 Å². The van der Waals surface area contributed by atoms with E-state index in [-0.39, 0.29) is 17.9 Å². The first-order valence-corrected chi connectivity index (χ1v) is 10.2. The molecule has 0 spiro atoms. The highest BCUT2D eigenvalue weighted by atomic mass is 35.5. The van der Waals surface area contributed by atoms with Gasteiger partial charge in [0.15, 0.2) is 0 Å². The number of amides is 2. The Balaban J connectivity index is 2.20. The first kappa shape index (κ1) is 21.6. The van der Waals surface area contributed by atoms with E-state index < -0.39 is 11.4 Å². The van der Waals surface area contributed by atoms with Crippen molar-refractivity contribution < 1.29 is 9.59 Å². The second-order valence-corrected chi connectivity index (χ2v) is 9.57. The Morgan fingerprint density at radius 2 is 1.83 bits per heavy atom. The van der Waals surface area contributed by atoms with Gasteiger partial charge < -0.3 is 11.1 Å². The zero-order valence-electron chi connectivity index (χ0n) is 16.8. The van der Waals surface area contributed by atoms with Gasteiger partial charge in [-0.2, -0.15) is 0 Å². The van der Waals surface area contributed by atoms with Crippen molar-refractivity contribution in [1.82, 2.24) is 4.90 Å². The number of nitrogens with zero attached hydrogens (tertiary/aromatic N) is 1. The molecule has 0 saturated heterocycles. The summed E-state index contributed by atoms with van der Waals surface area (Å²) < 4.78 is 0. The normalized spacial score (nSPS) is 18.6. The molecule has 0 unspecified atom stereocenters. The molecule has 0 fully saturated rings. The van der Waals surface area contributed by atoms with E-state index in [1.807, 2.05) is 29.2 Å². The average Bonchev–Trinajstić information content (AvgIpc) is 2.84. The fourth-order valence-electron chi connectivity index (χ4n) is 3.96. The summed E-state index contributed by atoms with van der Waals surface area (Å²) in [4.78, 5) is 27.3. The molecule has 1 aliphatic heterocycles. The summed E-state index contributed by atoms with van der Waals surface area (Å²) in [5.74, 6) is -0.699. The van der Waals surface area contributed by atoms with Gasteiger partial charge in [-0.1, -0.05) is 62.2 Å². The Morgan fingerprint density at radius 3 is 2.45 bits per heavy atom. The molecule has 1 heterocycles. The first-order valence-electron chi connectivity index (χ1n) is 9.40. The maximum atomic E-state index is 13.5. The summed E-state index contributed by atoms with van der Waals surface area (Å²) in [5.41, 5.74) is 6.62. The lowest BCUT2D eigenvalue weighted by molar-refractivity contribution is -0.132. The van der Waals surface area contributed by atoms with Crippen LogP contribution in [0.1, 0.15) is 31.9 Å².